The lowest BCUT2D eigenvalue weighted by Gasteiger charge is -2.43. The fourth-order valence-electron chi connectivity index (χ4n) is 16.9. The second kappa shape index (κ2) is 41.4. The van der Waals surface area contributed by atoms with Crippen LogP contribution in [0.2, 0.25) is 0 Å². The van der Waals surface area contributed by atoms with Gasteiger partial charge in [0.05, 0.1) is 110 Å². The average Bonchev–Trinajstić information content (AvgIpc) is 1.37. The third-order valence-electron chi connectivity index (χ3n) is 23.6. The number of hydrogen-bond acceptors (Lipinski definition) is 28. The number of ether oxygens (including phenoxy) is 3. The molecule has 3 aromatic heterocycles. The number of likely N-dealkylation sites (tertiary alicyclic amines) is 1. The van der Waals surface area contributed by atoms with Gasteiger partial charge in [-0.3, -0.25) is 33.8 Å². The van der Waals surface area contributed by atoms with Crippen molar-refractivity contribution >= 4 is 104 Å². The highest BCUT2D eigenvalue weighted by atomic mass is 16.7. The molecule has 0 aliphatic carbocycles. The summed E-state index contributed by atoms with van der Waals surface area (Å²) in [5.41, 5.74) is 10.3. The molecule has 0 spiro atoms. The van der Waals surface area contributed by atoms with E-state index in [4.69, 9.17) is 28.7 Å². The van der Waals surface area contributed by atoms with Crippen LogP contribution < -0.4 is 76.0 Å². The largest absolute Gasteiger partial charge is 0.494 e. The van der Waals surface area contributed by atoms with Gasteiger partial charge in [-0.25, -0.2) is 45.1 Å². The molecule has 0 radical (unpaired) electrons. The molecule has 10 heterocycles. The van der Waals surface area contributed by atoms with Crippen molar-refractivity contribution < 1.29 is 43.1 Å². The third-order valence-corrected chi connectivity index (χ3v) is 23.6. The predicted octanol–water partition coefficient (Wildman–Crippen LogP) is 13.6. The molecule has 646 valence electrons. The number of methoxy groups -OCH3 is 3. The van der Waals surface area contributed by atoms with Crippen LogP contribution in [0.4, 0.5) is 86.1 Å². The van der Waals surface area contributed by atoms with Crippen molar-refractivity contribution in [2.24, 2.45) is 0 Å². The molecule has 0 saturated carbocycles. The van der Waals surface area contributed by atoms with E-state index in [0.29, 0.717) is 124 Å². The Labute approximate surface area is 720 Å². The summed E-state index contributed by atoms with van der Waals surface area (Å²) >= 11 is 0. The Hall–Kier alpha value is -12.5. The monoisotopic (exact) mass is 1670 g/mol. The smallest absolute Gasteiger partial charge is 0.247 e. The highest BCUT2D eigenvalue weighted by molar-refractivity contribution is 6.04. The number of carbonyl (C=O) groups excluding carboxylic acids is 3. The van der Waals surface area contributed by atoms with E-state index in [1.807, 2.05) is 124 Å². The molecule has 9 aromatic rings. The summed E-state index contributed by atoms with van der Waals surface area (Å²) in [5.74, 6) is 4.79. The van der Waals surface area contributed by atoms with Crippen LogP contribution in [0.15, 0.2) is 203 Å². The molecule has 0 unspecified atom stereocenters. The predicted molar refractivity (Wildman–Crippen MR) is 486 cm³/mol. The van der Waals surface area contributed by atoms with Crippen molar-refractivity contribution in [2.45, 2.75) is 87.6 Å². The normalized spacial score (nSPS) is 18.9. The van der Waals surface area contributed by atoms with Crippen LogP contribution in [0.25, 0.3) is 0 Å². The van der Waals surface area contributed by atoms with Crippen LogP contribution in [-0.4, -0.2) is 227 Å². The van der Waals surface area contributed by atoms with Gasteiger partial charge in [-0.15, -0.1) is 0 Å². The van der Waals surface area contributed by atoms with E-state index in [9.17, 15) is 14.4 Å². The van der Waals surface area contributed by atoms with Gasteiger partial charge in [-0.1, -0.05) is 111 Å². The van der Waals surface area contributed by atoms with Crippen molar-refractivity contribution in [1.29, 1.82) is 0 Å². The summed E-state index contributed by atoms with van der Waals surface area (Å²) in [7, 11) is 15.5. The topological polar surface area (TPSA) is 289 Å². The Bertz CT molecular complexity index is 5070. The van der Waals surface area contributed by atoms with Gasteiger partial charge in [0, 0.05) is 126 Å². The highest BCUT2D eigenvalue weighted by Crippen LogP contribution is 2.46. The highest BCUT2D eigenvalue weighted by Gasteiger charge is 2.36. The first-order valence-electron chi connectivity index (χ1n) is 42.1. The lowest BCUT2D eigenvalue weighted by Crippen LogP contribution is -2.53. The van der Waals surface area contributed by atoms with E-state index in [0.717, 1.165) is 121 Å². The number of aromatic nitrogens is 6. The van der Waals surface area contributed by atoms with Gasteiger partial charge >= 0.3 is 0 Å². The van der Waals surface area contributed by atoms with Crippen molar-refractivity contribution in [2.75, 3.05) is 204 Å². The first-order chi connectivity index (χ1) is 59.9. The molecule has 6 N–H and O–H groups in total. The number of hydroxylamine groups is 3. The van der Waals surface area contributed by atoms with Crippen LogP contribution in [0.5, 0.6) is 17.2 Å². The number of piperidine rings is 2. The number of rotatable bonds is 27. The van der Waals surface area contributed by atoms with E-state index >= 15 is 0 Å². The van der Waals surface area contributed by atoms with Crippen molar-refractivity contribution in [3.63, 3.8) is 0 Å². The zero-order valence-corrected chi connectivity index (χ0v) is 71.6. The minimum Gasteiger partial charge on any atom is -0.494 e. The number of nitrogens with one attached hydrogen (secondary N) is 6. The van der Waals surface area contributed by atoms with Crippen LogP contribution in [0, 0.1) is 0 Å². The standard InChI is InChI=1S/C33H42N8O3.C30H37N7O3.C29H35N7O3/c1-4-33(42)37-26-20-27(30(43-3)21-29(26)40-17-15-39(16-18-40)25-10-13-38(2)14-11-25)36-31-22-32(35-23-34-31)41-28(12-19-44-41)24-8-6-5-7-9-24;1-5-30(38)34-23-17-24(27(39-4)18-26(23)36-14-11-22(12-15-36)35(2)3)33-28-19-29(32-20-31-28)37-25(13-16-40-37)21-9-7-6-8-10-21;1-5-29(37)33-22-15-23(26(38-4)16-25(22)35-13-11-21(18-35)34(2)3)32-27-17-28(31-19-30-27)36-24(12-14-39-36)20-9-7-6-8-10-20/h4-9,20-23,25,28H,1,10-19H2,2-3H3,(H,37,42)(H,34,35,36);5-10,17-20,22,25H,1,11-16H2,2-4H3,(H,34,38)(H,31,32,33);5-10,15-17,19,21,24H,1,11-14,18H2,2-4H3,(H,33,37)(H,30,31,32)/t28-;25-;21-,24-/m111/s1. The van der Waals surface area contributed by atoms with Gasteiger partial charge < -0.3 is 75.5 Å². The molecule has 4 atom stereocenters. The molecular weight excluding hydrogens is 1560 g/mol. The second-order valence-electron chi connectivity index (χ2n) is 31.7. The maximum Gasteiger partial charge on any atom is 0.247 e. The van der Waals surface area contributed by atoms with Crippen molar-refractivity contribution in [3.05, 3.63) is 219 Å². The van der Waals surface area contributed by atoms with E-state index in [1.165, 1.54) is 66.7 Å². The number of carbonyl (C=O) groups is 3. The molecule has 7 saturated heterocycles. The molecule has 0 bridgehead atoms. The fraction of sp³-hybridized carbons (Fsp3) is 0.380. The molecule has 7 aliphatic rings. The van der Waals surface area contributed by atoms with Crippen molar-refractivity contribution in [1.82, 2.24) is 49.5 Å². The third kappa shape index (κ3) is 21.5. The SMILES string of the molecule is C=CC(=O)Nc1cc(Nc2cc(N3OCC[C@@H]3c3ccccc3)ncn2)c(OC)cc1N1CCC(N(C)C)CC1.C=CC(=O)Nc1cc(Nc2cc(N3OCC[C@@H]3c3ccccc3)ncn2)c(OC)cc1N1CCN(C2CCN(C)CC2)CC1.C=CC(=O)Nc1cc(Nc2cc(N3OCC[C@@H]3c3ccccc3)ncn2)c(OC)cc1N1CC[C@@H](N(C)C)C1. The van der Waals surface area contributed by atoms with E-state index in [2.05, 4.69) is 187 Å². The molecule has 123 heavy (non-hydrogen) atoms. The summed E-state index contributed by atoms with van der Waals surface area (Å²) in [6.45, 7) is 22.2. The van der Waals surface area contributed by atoms with Crippen LogP contribution in [-0.2, 0) is 28.9 Å². The average molecular weight is 1670 g/mol. The maximum atomic E-state index is 12.5. The van der Waals surface area contributed by atoms with Gasteiger partial charge in [0.15, 0.2) is 17.5 Å². The fourth-order valence-corrected chi connectivity index (χ4v) is 16.9. The van der Waals surface area contributed by atoms with Crippen LogP contribution >= 0.6 is 0 Å². The zero-order valence-electron chi connectivity index (χ0n) is 71.6. The van der Waals surface area contributed by atoms with Crippen molar-refractivity contribution in [3.8, 4) is 17.2 Å². The van der Waals surface area contributed by atoms with Gasteiger partial charge in [0.25, 0.3) is 0 Å². The summed E-state index contributed by atoms with van der Waals surface area (Å²) in [5, 5.41) is 24.6. The zero-order chi connectivity index (χ0) is 85.9. The quantitative estimate of drug-likeness (QED) is 0.0261. The molecule has 31 nitrogen and oxygen atoms in total. The number of amides is 3. The molecule has 6 aromatic carbocycles. The van der Waals surface area contributed by atoms with Gasteiger partial charge in [-0.05, 0) is 134 Å². The number of nitrogens with zero attached hydrogens (tertiary/aromatic N) is 16. The minimum absolute atomic E-state index is 0.0633. The number of piperazine rings is 1. The molecule has 7 aliphatic heterocycles. The first kappa shape index (κ1) is 86.9. The van der Waals surface area contributed by atoms with Crippen LogP contribution in [0.1, 0.15) is 86.2 Å². The Morgan fingerprint density at radius 1 is 0.398 bits per heavy atom. The van der Waals surface area contributed by atoms with E-state index in [1.54, 1.807) is 21.3 Å². The van der Waals surface area contributed by atoms with Gasteiger partial charge in [0.1, 0.15) is 53.7 Å². The summed E-state index contributed by atoms with van der Waals surface area (Å²) in [6, 6.07) is 49.7. The lowest BCUT2D eigenvalue weighted by atomic mass is 10.0. The molecule has 7 fully saturated rings. The van der Waals surface area contributed by atoms with E-state index < -0.39 is 0 Å². The van der Waals surface area contributed by atoms with Gasteiger partial charge in [0.2, 0.25) is 17.7 Å². The van der Waals surface area contributed by atoms with Gasteiger partial charge in [-0.2, -0.15) is 0 Å². The van der Waals surface area contributed by atoms with E-state index in [-0.39, 0.29) is 35.8 Å². The summed E-state index contributed by atoms with van der Waals surface area (Å²) in [4.78, 5) is 98.4. The Kier molecular flexibility index (Phi) is 29.2. The summed E-state index contributed by atoms with van der Waals surface area (Å²) in [6.07, 6.45) is 16.5. The Balaban J connectivity index is 0.000000151. The first-order valence-corrected chi connectivity index (χ1v) is 42.1. The second-order valence-corrected chi connectivity index (χ2v) is 31.7. The molecular formula is C92H114N22O9. The lowest BCUT2D eigenvalue weighted by molar-refractivity contribution is -0.112. The number of benzene rings is 6. The Morgan fingerprint density at radius 2 is 0.732 bits per heavy atom. The Morgan fingerprint density at radius 3 is 1.07 bits per heavy atom. The molecule has 16 rings (SSSR count). The number of anilines is 15. The maximum absolute atomic E-state index is 12.5. The molecule has 3 amide bonds. The number of likely N-dealkylation sites (N-methyl/N-ethyl adjacent to an activating group) is 1. The molecule has 31 heteroatoms. The van der Waals surface area contributed by atoms with Crippen LogP contribution in [0.3, 0.4) is 0 Å². The number of hydrogen-bond donors (Lipinski definition) is 6. The minimum atomic E-state index is -0.279. The summed E-state index contributed by atoms with van der Waals surface area (Å²) < 4.78 is 17.4.